The van der Waals surface area contributed by atoms with Crippen LogP contribution in [0.1, 0.15) is 105 Å². The Morgan fingerprint density at radius 3 is 0.970 bits per heavy atom. The Kier molecular flexibility index (Phi) is 15.7. The maximum atomic E-state index is 9.79. The molecule has 0 aliphatic rings. The summed E-state index contributed by atoms with van der Waals surface area (Å²) in [5.41, 5.74) is 12.9. The zero-order valence-electron chi connectivity index (χ0n) is 41.2. The maximum absolute atomic E-state index is 9.79. The minimum Gasteiger partial charge on any atom is -0.508 e. The van der Waals surface area contributed by atoms with Gasteiger partial charge in [-0.1, -0.05) is 123 Å². The van der Waals surface area contributed by atoms with E-state index in [1.165, 1.54) is 16.7 Å². The normalized spacial score (nSPS) is 11.7. The highest BCUT2D eigenvalue weighted by atomic mass is 79.9. The van der Waals surface area contributed by atoms with Crippen LogP contribution < -0.4 is 4.74 Å². The molecule has 0 spiro atoms. The summed E-state index contributed by atoms with van der Waals surface area (Å²) < 4.78 is 7.62. The maximum Gasteiger partial charge on any atom is 0.128 e. The van der Waals surface area contributed by atoms with Gasteiger partial charge in [-0.15, -0.1) is 0 Å². The lowest BCUT2D eigenvalue weighted by atomic mass is 9.85. The van der Waals surface area contributed by atoms with Gasteiger partial charge in [0, 0.05) is 51.5 Å². The molecule has 344 valence electrons. The predicted molar refractivity (Wildman–Crippen MR) is 283 cm³/mol. The molecular formula is C60H65BrN4O2. The summed E-state index contributed by atoms with van der Waals surface area (Å²) in [6.07, 6.45) is 7.24. The number of halogens is 1. The second-order valence-electron chi connectivity index (χ2n) is 21.0. The third-order valence-electron chi connectivity index (χ3n) is 11.2. The van der Waals surface area contributed by atoms with Crippen LogP contribution in [0.15, 0.2) is 175 Å². The van der Waals surface area contributed by atoms with Gasteiger partial charge >= 0.3 is 0 Å². The molecule has 0 amide bonds. The van der Waals surface area contributed by atoms with Crippen molar-refractivity contribution in [3.63, 3.8) is 0 Å². The molecule has 0 atom stereocenters. The van der Waals surface area contributed by atoms with E-state index < -0.39 is 0 Å². The summed E-state index contributed by atoms with van der Waals surface area (Å²) in [5, 5.41) is 9.79. The molecule has 4 aromatic carbocycles. The van der Waals surface area contributed by atoms with Crippen LogP contribution in [0, 0.1) is 0 Å². The van der Waals surface area contributed by atoms with E-state index in [0.29, 0.717) is 0 Å². The fraction of sp³-hybridized carbons (Fsp3) is 0.267. The Morgan fingerprint density at radius 1 is 0.358 bits per heavy atom. The fourth-order valence-electron chi connectivity index (χ4n) is 7.11. The lowest BCUT2D eigenvalue weighted by Crippen LogP contribution is -2.12. The van der Waals surface area contributed by atoms with Crippen LogP contribution in [0.3, 0.4) is 0 Å². The molecule has 0 saturated heterocycles. The van der Waals surface area contributed by atoms with E-state index in [9.17, 15) is 5.11 Å². The topological polar surface area (TPSA) is 81.0 Å². The van der Waals surface area contributed by atoms with Crippen molar-refractivity contribution in [3.8, 4) is 62.3 Å². The molecule has 0 aliphatic heterocycles. The summed E-state index contributed by atoms with van der Waals surface area (Å²) >= 11 is 3.57. The highest BCUT2D eigenvalue weighted by Gasteiger charge is 2.21. The van der Waals surface area contributed by atoms with Gasteiger partial charge in [0.05, 0.1) is 22.8 Å². The Balaban J connectivity index is 0.000000183. The zero-order chi connectivity index (χ0) is 48.6. The van der Waals surface area contributed by atoms with Gasteiger partial charge in [-0.05, 0) is 165 Å². The van der Waals surface area contributed by atoms with Crippen LogP contribution in [0.4, 0.5) is 0 Å². The molecule has 0 aliphatic carbocycles. The first-order valence-electron chi connectivity index (χ1n) is 22.8. The van der Waals surface area contributed by atoms with Gasteiger partial charge < -0.3 is 9.84 Å². The second kappa shape index (κ2) is 21.0. The number of aromatic nitrogens is 4. The van der Waals surface area contributed by atoms with E-state index in [1.807, 2.05) is 97.5 Å². The largest absolute Gasteiger partial charge is 0.508 e. The minimum atomic E-state index is -0.0186. The van der Waals surface area contributed by atoms with E-state index in [-0.39, 0.29) is 27.4 Å². The highest BCUT2D eigenvalue weighted by Crippen LogP contribution is 2.38. The van der Waals surface area contributed by atoms with Crippen molar-refractivity contribution < 1.29 is 9.84 Å². The molecule has 0 saturated carbocycles. The Labute approximate surface area is 407 Å². The molecule has 7 heteroatoms. The lowest BCUT2D eigenvalue weighted by Gasteiger charge is -2.23. The number of benzene rings is 4. The van der Waals surface area contributed by atoms with Gasteiger partial charge in [0.2, 0.25) is 0 Å². The third kappa shape index (κ3) is 14.3. The molecule has 0 unspecified atom stereocenters. The molecule has 4 aromatic heterocycles. The predicted octanol–water partition coefficient (Wildman–Crippen LogP) is 16.8. The van der Waals surface area contributed by atoms with Crippen molar-refractivity contribution in [1.29, 1.82) is 0 Å². The van der Waals surface area contributed by atoms with Crippen molar-refractivity contribution in [2.24, 2.45) is 0 Å². The molecule has 0 radical (unpaired) electrons. The summed E-state index contributed by atoms with van der Waals surface area (Å²) in [4.78, 5) is 17.8. The average Bonchev–Trinajstić information content (AvgIpc) is 3.29. The minimum absolute atomic E-state index is 0.0161. The quantitative estimate of drug-likeness (QED) is 0.179. The molecule has 4 heterocycles. The smallest absolute Gasteiger partial charge is 0.128 e. The first-order valence-corrected chi connectivity index (χ1v) is 23.6. The molecule has 1 N–H and O–H groups in total. The number of phenols is 1. The van der Waals surface area contributed by atoms with Crippen LogP contribution in [-0.4, -0.2) is 25.0 Å². The van der Waals surface area contributed by atoms with Crippen molar-refractivity contribution in [3.05, 3.63) is 197 Å². The van der Waals surface area contributed by atoms with Crippen LogP contribution >= 0.6 is 15.9 Å². The van der Waals surface area contributed by atoms with Gasteiger partial charge in [-0.3, -0.25) is 19.9 Å². The van der Waals surface area contributed by atoms with Gasteiger partial charge in [0.1, 0.15) is 17.2 Å². The number of hydrogen-bond acceptors (Lipinski definition) is 6. The number of rotatable bonds is 6. The number of phenolic OH excluding ortho intramolecular Hbond substituents is 1. The average molecular weight is 954 g/mol. The second-order valence-corrected chi connectivity index (χ2v) is 21.9. The summed E-state index contributed by atoms with van der Waals surface area (Å²) in [7, 11) is 0. The summed E-state index contributed by atoms with van der Waals surface area (Å²) in [5.74, 6) is 1.90. The van der Waals surface area contributed by atoms with Gasteiger partial charge in [-0.2, -0.15) is 0 Å². The van der Waals surface area contributed by atoms with Crippen LogP contribution in [-0.2, 0) is 21.7 Å². The van der Waals surface area contributed by atoms with E-state index in [0.717, 1.165) is 66.6 Å². The zero-order valence-corrected chi connectivity index (χ0v) is 42.8. The van der Waals surface area contributed by atoms with E-state index in [4.69, 9.17) is 4.74 Å². The molecular weight excluding hydrogens is 889 g/mol. The molecule has 8 rings (SSSR count). The number of ether oxygens (including phenoxy) is 1. The van der Waals surface area contributed by atoms with Crippen LogP contribution in [0.25, 0.3) is 45.0 Å². The Hall–Kier alpha value is -6.44. The van der Waals surface area contributed by atoms with Crippen molar-refractivity contribution >= 4 is 15.9 Å². The molecule has 0 fully saturated rings. The molecule has 67 heavy (non-hydrogen) atoms. The fourth-order valence-corrected chi connectivity index (χ4v) is 7.60. The van der Waals surface area contributed by atoms with Crippen LogP contribution in [0.5, 0.6) is 17.2 Å². The molecule has 8 aromatic rings. The van der Waals surface area contributed by atoms with Gasteiger partial charge in [0.25, 0.3) is 0 Å². The Morgan fingerprint density at radius 2 is 0.657 bits per heavy atom. The van der Waals surface area contributed by atoms with Crippen molar-refractivity contribution in [1.82, 2.24) is 19.9 Å². The summed E-state index contributed by atoms with van der Waals surface area (Å²) in [6, 6.07) is 48.7. The van der Waals surface area contributed by atoms with Crippen molar-refractivity contribution in [2.45, 2.75) is 105 Å². The number of pyridine rings is 4. The molecule has 0 bridgehead atoms. The van der Waals surface area contributed by atoms with E-state index in [2.05, 4.69) is 180 Å². The van der Waals surface area contributed by atoms with Crippen LogP contribution in [0.2, 0.25) is 0 Å². The third-order valence-corrected chi connectivity index (χ3v) is 11.6. The molecule has 6 nitrogen and oxygen atoms in total. The first-order chi connectivity index (χ1) is 31.5. The van der Waals surface area contributed by atoms with E-state index >= 15 is 0 Å². The number of aromatic hydroxyl groups is 1. The van der Waals surface area contributed by atoms with Crippen molar-refractivity contribution in [2.75, 3.05) is 0 Å². The van der Waals surface area contributed by atoms with Gasteiger partial charge in [0.15, 0.2) is 0 Å². The first kappa shape index (κ1) is 50.0. The standard InChI is InChI=1S/C30H32N2O.C15H16BrN.C15H17NO/c1-29(2,3)23-15-21(27-11-7-9-13-31-27)17-25(19-23)33-26-18-22(28-12-8-10-14-32-28)16-24(20-26)30(4,5)6;1-15(2,3)12-8-11(9-13(16)10-12)14-6-4-5-7-17-14;1-15(2,3)12-8-11(9-13(17)10-12)14-6-4-5-7-16-14/h7-20H,1-6H3;4-10H,1-3H3;4-10,17H,1-3H3. The number of hydrogen-bond donors (Lipinski definition) is 1. The number of nitrogens with zero attached hydrogens (tertiary/aromatic N) is 4. The Bertz CT molecular complexity index is 2660. The van der Waals surface area contributed by atoms with E-state index in [1.54, 1.807) is 12.3 Å². The van der Waals surface area contributed by atoms with Gasteiger partial charge in [-0.25, -0.2) is 0 Å². The lowest BCUT2D eigenvalue weighted by molar-refractivity contribution is 0.471. The monoisotopic (exact) mass is 952 g/mol. The summed E-state index contributed by atoms with van der Waals surface area (Å²) in [6.45, 7) is 26.3. The SMILES string of the molecule is CC(C)(C)c1cc(Br)cc(-c2ccccn2)c1.CC(C)(C)c1cc(O)cc(-c2ccccn2)c1.CC(C)(C)c1cc(Oc2cc(-c3ccccn3)cc(C(C)(C)C)c2)cc(-c2ccccn2)c1. The highest BCUT2D eigenvalue weighted by molar-refractivity contribution is 9.10.